The van der Waals surface area contributed by atoms with Gasteiger partial charge >= 0.3 is 0 Å². The molecule has 0 radical (unpaired) electrons. The quantitative estimate of drug-likeness (QED) is 0.789. The van der Waals surface area contributed by atoms with Gasteiger partial charge in [-0.15, -0.1) is 12.4 Å². The number of hydrogen-bond acceptors (Lipinski definition) is 3. The molecule has 2 N–H and O–H groups in total. The largest absolute Gasteiger partial charge is 0.490 e. The van der Waals surface area contributed by atoms with Crippen LogP contribution in [0.5, 0.6) is 5.75 Å². The molecular weight excluding hydrogens is 322 g/mol. The molecule has 2 atom stereocenters. The lowest BCUT2D eigenvalue weighted by atomic mass is 10.1. The summed E-state index contributed by atoms with van der Waals surface area (Å²) in [5.41, 5.74) is 4.66. The van der Waals surface area contributed by atoms with Crippen LogP contribution in [0, 0.1) is 20.8 Å². The highest BCUT2D eigenvalue weighted by atomic mass is 35.5. The van der Waals surface area contributed by atoms with E-state index in [1.54, 1.807) is 0 Å². The summed E-state index contributed by atoms with van der Waals surface area (Å²) < 4.78 is 5.83. The second-order valence-corrected chi connectivity index (χ2v) is 6.23. The lowest BCUT2D eigenvalue weighted by Crippen LogP contribution is -2.33. The van der Waals surface area contributed by atoms with Gasteiger partial charge in [-0.05, 0) is 44.4 Å². The average molecular weight is 350 g/mol. The van der Waals surface area contributed by atoms with Gasteiger partial charge in [0, 0.05) is 12.6 Å². The number of aryl methyl sites for hydroxylation is 3. The summed E-state index contributed by atoms with van der Waals surface area (Å²) in [6, 6.07) is 14.6. The summed E-state index contributed by atoms with van der Waals surface area (Å²) in [6.45, 7) is 9.04. The third-order valence-electron chi connectivity index (χ3n) is 3.98. The van der Waals surface area contributed by atoms with Crippen molar-refractivity contribution in [3.8, 4) is 5.75 Å². The van der Waals surface area contributed by atoms with Gasteiger partial charge in [0.15, 0.2) is 0 Å². The van der Waals surface area contributed by atoms with Crippen LogP contribution >= 0.6 is 12.4 Å². The van der Waals surface area contributed by atoms with Gasteiger partial charge < -0.3 is 15.2 Å². The Kier molecular flexibility index (Phi) is 8.26. The Labute approximate surface area is 151 Å². The van der Waals surface area contributed by atoms with Crippen LogP contribution in [0.3, 0.4) is 0 Å². The highest BCUT2D eigenvalue weighted by Gasteiger charge is 2.11. The Morgan fingerprint density at radius 1 is 1.04 bits per heavy atom. The molecule has 0 heterocycles. The summed E-state index contributed by atoms with van der Waals surface area (Å²) >= 11 is 0. The van der Waals surface area contributed by atoms with Gasteiger partial charge in [-0.2, -0.15) is 0 Å². The SMILES string of the molecule is Cc1cc(C)c(OCC(O)CNC(C)c2ccccc2)c(C)c1.Cl. The average Bonchev–Trinajstić information content (AvgIpc) is 2.52. The van der Waals surface area contributed by atoms with E-state index in [4.69, 9.17) is 4.74 Å². The van der Waals surface area contributed by atoms with E-state index in [1.807, 2.05) is 32.0 Å². The highest BCUT2D eigenvalue weighted by Crippen LogP contribution is 2.24. The molecule has 0 fully saturated rings. The maximum atomic E-state index is 10.2. The number of benzene rings is 2. The summed E-state index contributed by atoms with van der Waals surface area (Å²) in [7, 11) is 0. The van der Waals surface area contributed by atoms with Crippen molar-refractivity contribution in [3.63, 3.8) is 0 Å². The molecule has 0 amide bonds. The number of hydrogen-bond donors (Lipinski definition) is 2. The van der Waals surface area contributed by atoms with E-state index in [9.17, 15) is 5.11 Å². The second kappa shape index (κ2) is 9.67. The van der Waals surface area contributed by atoms with Crippen LogP contribution in [0.15, 0.2) is 42.5 Å². The van der Waals surface area contributed by atoms with Crippen LogP contribution in [-0.4, -0.2) is 24.4 Å². The summed E-state index contributed by atoms with van der Waals surface area (Å²) in [6.07, 6.45) is -0.540. The number of nitrogens with one attached hydrogen (secondary N) is 1. The van der Waals surface area contributed by atoms with Gasteiger partial charge in [0.1, 0.15) is 18.5 Å². The smallest absolute Gasteiger partial charge is 0.125 e. The van der Waals surface area contributed by atoms with Crippen molar-refractivity contribution in [2.75, 3.05) is 13.2 Å². The fourth-order valence-corrected chi connectivity index (χ4v) is 2.81. The monoisotopic (exact) mass is 349 g/mol. The number of aliphatic hydroxyl groups is 1. The van der Waals surface area contributed by atoms with E-state index in [0.29, 0.717) is 13.2 Å². The molecule has 0 aliphatic carbocycles. The minimum Gasteiger partial charge on any atom is -0.490 e. The fourth-order valence-electron chi connectivity index (χ4n) is 2.81. The molecule has 4 heteroatoms. The first-order valence-corrected chi connectivity index (χ1v) is 8.14. The van der Waals surface area contributed by atoms with Crippen molar-refractivity contribution < 1.29 is 9.84 Å². The maximum Gasteiger partial charge on any atom is 0.125 e. The van der Waals surface area contributed by atoms with Gasteiger partial charge in [-0.3, -0.25) is 0 Å². The topological polar surface area (TPSA) is 41.5 Å². The molecule has 0 saturated carbocycles. The van der Waals surface area contributed by atoms with Crippen molar-refractivity contribution in [3.05, 3.63) is 64.7 Å². The highest BCUT2D eigenvalue weighted by molar-refractivity contribution is 5.85. The second-order valence-electron chi connectivity index (χ2n) is 6.23. The molecule has 0 saturated heterocycles. The molecule has 2 unspecified atom stereocenters. The zero-order valence-corrected chi connectivity index (χ0v) is 15.7. The molecule has 24 heavy (non-hydrogen) atoms. The number of ether oxygens (including phenoxy) is 1. The first-order valence-electron chi connectivity index (χ1n) is 8.14. The molecule has 2 aromatic rings. The normalized spacial score (nSPS) is 13.0. The Balaban J connectivity index is 0.00000288. The van der Waals surface area contributed by atoms with Crippen LogP contribution < -0.4 is 10.1 Å². The Bertz CT molecular complexity index is 608. The molecule has 2 aromatic carbocycles. The third kappa shape index (κ3) is 5.82. The van der Waals surface area contributed by atoms with Crippen LogP contribution in [0.25, 0.3) is 0 Å². The summed E-state index contributed by atoms with van der Waals surface area (Å²) in [5.74, 6) is 0.880. The molecular formula is C20H28ClNO2. The zero-order valence-electron chi connectivity index (χ0n) is 14.9. The van der Waals surface area contributed by atoms with Gasteiger partial charge in [-0.1, -0.05) is 48.0 Å². The predicted octanol–water partition coefficient (Wildman–Crippen LogP) is 4.12. The van der Waals surface area contributed by atoms with Crippen LogP contribution in [-0.2, 0) is 0 Å². The van der Waals surface area contributed by atoms with Crippen LogP contribution in [0.2, 0.25) is 0 Å². The van der Waals surface area contributed by atoms with Crippen molar-refractivity contribution in [2.24, 2.45) is 0 Å². The van der Waals surface area contributed by atoms with E-state index in [2.05, 4.69) is 43.4 Å². The fraction of sp³-hybridized carbons (Fsp3) is 0.400. The van der Waals surface area contributed by atoms with Crippen LogP contribution in [0.1, 0.15) is 35.2 Å². The molecule has 2 rings (SSSR count). The maximum absolute atomic E-state index is 10.2. The number of rotatable bonds is 7. The first-order chi connectivity index (χ1) is 11.0. The first kappa shape index (κ1) is 20.5. The Morgan fingerprint density at radius 2 is 1.62 bits per heavy atom. The van der Waals surface area contributed by atoms with Gasteiger partial charge in [0.2, 0.25) is 0 Å². The standard InChI is InChI=1S/C20H27NO2.ClH/c1-14-10-15(2)20(16(3)11-14)23-13-19(22)12-21-17(4)18-8-6-5-7-9-18;/h5-11,17,19,21-22H,12-13H2,1-4H3;1H. The van der Waals surface area contributed by atoms with E-state index in [-0.39, 0.29) is 18.4 Å². The molecule has 0 spiro atoms. The molecule has 0 bridgehead atoms. The van der Waals surface area contributed by atoms with E-state index < -0.39 is 6.10 Å². The Morgan fingerprint density at radius 3 is 2.21 bits per heavy atom. The lowest BCUT2D eigenvalue weighted by Gasteiger charge is -2.19. The van der Waals surface area contributed by atoms with Gasteiger partial charge in [0.25, 0.3) is 0 Å². The Hall–Kier alpha value is -1.55. The predicted molar refractivity (Wildman–Crippen MR) is 102 cm³/mol. The minimum absolute atomic E-state index is 0. The summed E-state index contributed by atoms with van der Waals surface area (Å²) in [5, 5.41) is 13.5. The minimum atomic E-state index is -0.540. The van der Waals surface area contributed by atoms with E-state index in [0.717, 1.165) is 16.9 Å². The van der Waals surface area contributed by atoms with Crippen molar-refractivity contribution >= 4 is 12.4 Å². The number of aliphatic hydroxyl groups excluding tert-OH is 1. The van der Waals surface area contributed by atoms with Crippen molar-refractivity contribution in [2.45, 2.75) is 39.8 Å². The molecule has 0 aromatic heterocycles. The van der Waals surface area contributed by atoms with Crippen molar-refractivity contribution in [1.29, 1.82) is 0 Å². The lowest BCUT2D eigenvalue weighted by molar-refractivity contribution is 0.103. The summed E-state index contributed by atoms with van der Waals surface area (Å²) in [4.78, 5) is 0. The van der Waals surface area contributed by atoms with E-state index >= 15 is 0 Å². The van der Waals surface area contributed by atoms with E-state index in [1.165, 1.54) is 11.1 Å². The molecule has 3 nitrogen and oxygen atoms in total. The molecule has 0 aliphatic rings. The number of halogens is 1. The van der Waals surface area contributed by atoms with Crippen molar-refractivity contribution in [1.82, 2.24) is 5.32 Å². The third-order valence-corrected chi connectivity index (χ3v) is 3.98. The van der Waals surface area contributed by atoms with Crippen LogP contribution in [0.4, 0.5) is 0 Å². The van der Waals surface area contributed by atoms with Gasteiger partial charge in [0.05, 0.1) is 0 Å². The molecule has 132 valence electrons. The molecule has 0 aliphatic heterocycles. The van der Waals surface area contributed by atoms with Gasteiger partial charge in [-0.25, -0.2) is 0 Å². The zero-order chi connectivity index (χ0) is 16.8.